The molecule has 2 amide bonds. The number of carbonyl (C=O) groups is 2. The van der Waals surface area contributed by atoms with Crippen LogP contribution in [-0.4, -0.2) is 45.8 Å². The van der Waals surface area contributed by atoms with E-state index in [1.54, 1.807) is 9.58 Å². The smallest absolute Gasteiger partial charge is 0.252 e. The summed E-state index contributed by atoms with van der Waals surface area (Å²) in [5.74, 6) is -0.515. The van der Waals surface area contributed by atoms with E-state index in [9.17, 15) is 9.59 Å². The molecule has 5 rings (SSSR count). The second-order valence-corrected chi connectivity index (χ2v) is 10.1. The highest BCUT2D eigenvalue weighted by Crippen LogP contribution is 2.29. The third-order valence-electron chi connectivity index (χ3n) is 6.25. The molecule has 1 unspecified atom stereocenters. The molecule has 0 bridgehead atoms. The van der Waals surface area contributed by atoms with Crippen LogP contribution < -0.4 is 10.2 Å². The van der Waals surface area contributed by atoms with Gasteiger partial charge in [0.15, 0.2) is 0 Å². The number of hydrogen-bond donors (Lipinski definition) is 1. The maximum absolute atomic E-state index is 13.9. The summed E-state index contributed by atoms with van der Waals surface area (Å²) in [7, 11) is 3.93. The van der Waals surface area contributed by atoms with Crippen LogP contribution in [0.5, 0.6) is 0 Å². The third-order valence-corrected chi connectivity index (χ3v) is 7.17. The van der Waals surface area contributed by atoms with E-state index in [0.717, 1.165) is 21.6 Å². The molecular formula is C29H28N6O2S. The van der Waals surface area contributed by atoms with Gasteiger partial charge in [-0.3, -0.25) is 9.59 Å². The Morgan fingerprint density at radius 1 is 0.921 bits per heavy atom. The first kappa shape index (κ1) is 25.2. The molecule has 0 saturated carbocycles. The summed E-state index contributed by atoms with van der Waals surface area (Å²) in [5, 5.41) is 13.3. The molecule has 1 atom stereocenters. The monoisotopic (exact) mass is 524 g/mol. The number of para-hydroxylation sites is 1. The first-order chi connectivity index (χ1) is 18.5. The van der Waals surface area contributed by atoms with Gasteiger partial charge in [-0.15, -0.1) is 16.4 Å². The molecule has 2 heterocycles. The van der Waals surface area contributed by atoms with E-state index < -0.39 is 6.04 Å². The number of nitrogens with one attached hydrogen (secondary N) is 1. The summed E-state index contributed by atoms with van der Waals surface area (Å²) in [6.07, 6.45) is 0. The molecule has 0 aliphatic carbocycles. The van der Waals surface area contributed by atoms with Crippen molar-refractivity contribution in [3.63, 3.8) is 0 Å². The summed E-state index contributed by atoms with van der Waals surface area (Å²) in [6, 6.07) is 27.8. The minimum Gasteiger partial charge on any atom is -0.378 e. The molecule has 3 aromatic carbocycles. The van der Waals surface area contributed by atoms with E-state index in [1.165, 1.54) is 11.3 Å². The SMILES string of the molecule is CN(C)c1ccc(NC(=O)C(c2cccs2)N(Cc2ccccc2)C(=O)Cn2nnc3ccccc32)cc1. The lowest BCUT2D eigenvalue weighted by molar-refractivity contribution is -0.140. The van der Waals surface area contributed by atoms with Crippen LogP contribution in [-0.2, 0) is 22.7 Å². The van der Waals surface area contributed by atoms with E-state index in [2.05, 4.69) is 15.6 Å². The first-order valence-electron chi connectivity index (χ1n) is 12.2. The molecular weight excluding hydrogens is 496 g/mol. The molecule has 0 saturated heterocycles. The lowest BCUT2D eigenvalue weighted by atomic mass is 10.1. The number of nitrogens with zero attached hydrogens (tertiary/aromatic N) is 5. The summed E-state index contributed by atoms with van der Waals surface area (Å²) >= 11 is 1.45. The Hall–Kier alpha value is -4.50. The zero-order valence-electron chi connectivity index (χ0n) is 21.2. The van der Waals surface area contributed by atoms with Gasteiger partial charge in [0.25, 0.3) is 5.91 Å². The maximum atomic E-state index is 13.9. The average molecular weight is 525 g/mol. The van der Waals surface area contributed by atoms with Gasteiger partial charge in [-0.25, -0.2) is 4.68 Å². The summed E-state index contributed by atoms with van der Waals surface area (Å²) in [5.41, 5.74) is 4.09. The van der Waals surface area contributed by atoms with Crippen LogP contribution in [0.2, 0.25) is 0 Å². The fraction of sp³-hybridized carbons (Fsp3) is 0.172. The molecule has 5 aromatic rings. The zero-order chi connectivity index (χ0) is 26.5. The van der Waals surface area contributed by atoms with Crippen LogP contribution in [0.1, 0.15) is 16.5 Å². The Morgan fingerprint density at radius 3 is 2.37 bits per heavy atom. The van der Waals surface area contributed by atoms with Crippen LogP contribution in [0.4, 0.5) is 11.4 Å². The van der Waals surface area contributed by atoms with Crippen LogP contribution in [0.15, 0.2) is 96.4 Å². The predicted octanol–water partition coefficient (Wildman–Crippen LogP) is 4.97. The lowest BCUT2D eigenvalue weighted by Crippen LogP contribution is -2.42. The van der Waals surface area contributed by atoms with Gasteiger partial charge in [0.2, 0.25) is 5.91 Å². The standard InChI is InChI=1S/C29H28N6O2S/c1-33(2)23-16-14-22(15-17-23)30-29(37)28(26-13-8-18-38-26)34(19-21-9-4-3-5-10-21)27(36)20-35-25-12-7-6-11-24(25)31-32-35/h3-18,28H,19-20H2,1-2H3,(H,30,37). The third kappa shape index (κ3) is 5.57. The van der Waals surface area contributed by atoms with Crippen molar-refractivity contribution in [1.82, 2.24) is 19.9 Å². The molecule has 0 radical (unpaired) electrons. The van der Waals surface area contributed by atoms with Crippen LogP contribution in [0.3, 0.4) is 0 Å². The number of benzene rings is 3. The van der Waals surface area contributed by atoms with E-state index in [-0.39, 0.29) is 24.9 Å². The number of aromatic nitrogens is 3. The summed E-state index contributed by atoms with van der Waals surface area (Å²) in [4.78, 5) is 32.2. The molecule has 2 aromatic heterocycles. The topological polar surface area (TPSA) is 83.4 Å². The Kier molecular flexibility index (Phi) is 7.46. The number of rotatable bonds is 9. The summed E-state index contributed by atoms with van der Waals surface area (Å²) in [6.45, 7) is 0.224. The van der Waals surface area contributed by atoms with E-state index >= 15 is 0 Å². The molecule has 9 heteroatoms. The summed E-state index contributed by atoms with van der Waals surface area (Å²) < 4.78 is 1.58. The maximum Gasteiger partial charge on any atom is 0.252 e. The van der Waals surface area contributed by atoms with Gasteiger partial charge in [0.1, 0.15) is 18.1 Å². The number of anilines is 2. The van der Waals surface area contributed by atoms with Gasteiger partial charge in [-0.05, 0) is 53.4 Å². The van der Waals surface area contributed by atoms with E-state index in [0.29, 0.717) is 11.2 Å². The van der Waals surface area contributed by atoms with Gasteiger partial charge >= 0.3 is 0 Å². The Morgan fingerprint density at radius 2 is 1.66 bits per heavy atom. The number of amides is 2. The van der Waals surface area contributed by atoms with Crippen molar-refractivity contribution in [1.29, 1.82) is 0 Å². The lowest BCUT2D eigenvalue weighted by Gasteiger charge is -2.31. The van der Waals surface area contributed by atoms with Crippen LogP contribution in [0, 0.1) is 0 Å². The van der Waals surface area contributed by atoms with Gasteiger partial charge in [0.05, 0.1) is 5.52 Å². The van der Waals surface area contributed by atoms with Crippen molar-refractivity contribution in [3.05, 3.63) is 107 Å². The molecule has 0 aliphatic heterocycles. The fourth-order valence-corrected chi connectivity index (χ4v) is 5.12. The van der Waals surface area contributed by atoms with E-state index in [1.807, 2.05) is 115 Å². The van der Waals surface area contributed by atoms with Crippen molar-refractivity contribution in [2.24, 2.45) is 0 Å². The van der Waals surface area contributed by atoms with Crippen molar-refractivity contribution < 1.29 is 9.59 Å². The Bertz CT molecular complexity index is 1510. The van der Waals surface area contributed by atoms with Crippen molar-refractivity contribution in [3.8, 4) is 0 Å². The molecule has 0 spiro atoms. The average Bonchev–Trinajstić information content (AvgIpc) is 3.60. The second-order valence-electron chi connectivity index (χ2n) is 9.09. The highest BCUT2D eigenvalue weighted by molar-refractivity contribution is 7.10. The van der Waals surface area contributed by atoms with Crippen LogP contribution in [0.25, 0.3) is 11.0 Å². The Labute approximate surface area is 225 Å². The van der Waals surface area contributed by atoms with Crippen molar-refractivity contribution in [2.75, 3.05) is 24.3 Å². The molecule has 192 valence electrons. The minimum absolute atomic E-state index is 0.0416. The second kappa shape index (κ2) is 11.3. The number of carbonyl (C=O) groups excluding carboxylic acids is 2. The minimum atomic E-state index is -0.828. The van der Waals surface area contributed by atoms with Crippen molar-refractivity contribution in [2.45, 2.75) is 19.1 Å². The molecule has 8 nitrogen and oxygen atoms in total. The van der Waals surface area contributed by atoms with Crippen molar-refractivity contribution >= 4 is 45.6 Å². The quantitative estimate of drug-likeness (QED) is 0.294. The normalized spacial score (nSPS) is 11.7. The van der Waals surface area contributed by atoms with Gasteiger partial charge < -0.3 is 15.1 Å². The first-order valence-corrected chi connectivity index (χ1v) is 13.1. The van der Waals surface area contributed by atoms with Gasteiger partial charge in [-0.2, -0.15) is 0 Å². The fourth-order valence-electron chi connectivity index (χ4n) is 4.28. The highest BCUT2D eigenvalue weighted by Gasteiger charge is 2.33. The van der Waals surface area contributed by atoms with Gasteiger partial charge in [-0.1, -0.05) is 53.7 Å². The number of hydrogen-bond acceptors (Lipinski definition) is 6. The Balaban J connectivity index is 1.48. The van der Waals surface area contributed by atoms with Gasteiger partial charge in [0, 0.05) is 36.9 Å². The highest BCUT2D eigenvalue weighted by atomic mass is 32.1. The molecule has 0 fully saturated rings. The molecule has 0 aliphatic rings. The predicted molar refractivity (Wildman–Crippen MR) is 151 cm³/mol. The largest absolute Gasteiger partial charge is 0.378 e. The molecule has 38 heavy (non-hydrogen) atoms. The molecule has 1 N–H and O–H groups in total. The van der Waals surface area contributed by atoms with E-state index in [4.69, 9.17) is 0 Å². The number of thiophene rings is 1. The number of fused-ring (bicyclic) bond motifs is 1. The zero-order valence-corrected chi connectivity index (χ0v) is 22.0. The van der Waals surface area contributed by atoms with Crippen LogP contribution >= 0.6 is 11.3 Å².